The van der Waals surface area contributed by atoms with Crippen LogP contribution in [0.2, 0.25) is 0 Å². The summed E-state index contributed by atoms with van der Waals surface area (Å²) in [6.07, 6.45) is 10.1. The molecule has 0 radical (unpaired) electrons. The van der Waals surface area contributed by atoms with E-state index < -0.39 is 0 Å². The number of nitrogens with zero attached hydrogens (tertiary/aromatic N) is 5. The largest absolute Gasteiger partial charge is 0.493 e. The van der Waals surface area contributed by atoms with Crippen LogP contribution in [0.5, 0.6) is 5.75 Å². The van der Waals surface area contributed by atoms with Crippen LogP contribution in [0.15, 0.2) is 36.8 Å². The minimum absolute atomic E-state index is 0.381. The average molecular weight is 501 g/mol. The van der Waals surface area contributed by atoms with Gasteiger partial charge in [-0.3, -0.25) is 4.90 Å². The number of ether oxygens (including phenoxy) is 1. The highest BCUT2D eigenvalue weighted by atomic mass is 16.5. The van der Waals surface area contributed by atoms with E-state index in [1.54, 1.807) is 18.0 Å². The van der Waals surface area contributed by atoms with Gasteiger partial charge < -0.3 is 14.6 Å². The van der Waals surface area contributed by atoms with E-state index in [1.165, 1.54) is 67.2 Å². The van der Waals surface area contributed by atoms with E-state index in [2.05, 4.69) is 77.1 Å². The first-order chi connectivity index (χ1) is 17.9. The summed E-state index contributed by atoms with van der Waals surface area (Å²) >= 11 is 0. The molecule has 4 aromatic rings. The molecule has 0 spiro atoms. The van der Waals surface area contributed by atoms with Gasteiger partial charge in [-0.05, 0) is 87.4 Å². The van der Waals surface area contributed by atoms with Gasteiger partial charge in [-0.1, -0.05) is 19.9 Å². The number of aromatic amines is 1. The van der Waals surface area contributed by atoms with Crippen molar-refractivity contribution in [3.05, 3.63) is 47.9 Å². The van der Waals surface area contributed by atoms with Crippen LogP contribution in [-0.2, 0) is 0 Å². The molecular weight excluding hydrogens is 460 g/mol. The Morgan fingerprint density at radius 2 is 1.89 bits per heavy atom. The van der Waals surface area contributed by atoms with Crippen molar-refractivity contribution in [1.29, 1.82) is 0 Å². The van der Waals surface area contributed by atoms with Crippen LogP contribution in [0.1, 0.15) is 68.9 Å². The quantitative estimate of drug-likeness (QED) is 0.370. The Morgan fingerprint density at radius 1 is 1.08 bits per heavy atom. The number of hydrogen-bond acceptors (Lipinski definition) is 5. The lowest BCUT2D eigenvalue weighted by molar-refractivity contribution is 0.168. The Labute approximate surface area is 219 Å². The molecule has 0 amide bonds. The molecule has 37 heavy (non-hydrogen) atoms. The second-order valence-corrected chi connectivity index (χ2v) is 11.6. The van der Waals surface area contributed by atoms with E-state index in [0.29, 0.717) is 11.8 Å². The Bertz CT molecular complexity index is 1390. The predicted octanol–water partition coefficient (Wildman–Crippen LogP) is 5.67. The number of likely N-dealkylation sites (tertiary alicyclic amines) is 1. The van der Waals surface area contributed by atoms with E-state index in [4.69, 9.17) is 4.74 Å². The lowest BCUT2D eigenvalue weighted by atomic mass is 9.80. The molecule has 6 rings (SSSR count). The van der Waals surface area contributed by atoms with Crippen molar-refractivity contribution in [2.45, 2.75) is 69.9 Å². The fraction of sp³-hybridized carbons (Fsp3) is 0.533. The monoisotopic (exact) mass is 500 g/mol. The lowest BCUT2D eigenvalue weighted by Crippen LogP contribution is -2.38. The summed E-state index contributed by atoms with van der Waals surface area (Å²) in [5.41, 5.74) is 7.00. The molecule has 196 valence electrons. The molecule has 1 aliphatic carbocycles. The second-order valence-electron chi connectivity index (χ2n) is 11.6. The molecule has 4 heterocycles. The first-order valence-corrected chi connectivity index (χ1v) is 13.9. The summed E-state index contributed by atoms with van der Waals surface area (Å²) in [4.78, 5) is 13.2. The average Bonchev–Trinajstić information content (AvgIpc) is 3.65. The van der Waals surface area contributed by atoms with Gasteiger partial charge in [0.15, 0.2) is 11.4 Å². The summed E-state index contributed by atoms with van der Waals surface area (Å²) in [6.45, 7) is 7.07. The van der Waals surface area contributed by atoms with Gasteiger partial charge in [-0.25, -0.2) is 9.50 Å². The van der Waals surface area contributed by atoms with Gasteiger partial charge in [0.2, 0.25) is 0 Å². The van der Waals surface area contributed by atoms with Gasteiger partial charge in [0.25, 0.3) is 0 Å². The number of nitrogens with one attached hydrogen (secondary N) is 1. The Balaban J connectivity index is 1.27. The number of fused-ring (bicyclic) bond motifs is 2. The molecule has 0 bridgehead atoms. The SMILES string of the molecule is COc1cc(-c2[nH]c3ccc(C4CCC(N5CC[C@@H](N(C)C)C5)CC4)cc3c2C(C)C)cn2ncnc12. The molecule has 1 aromatic carbocycles. The molecule has 2 fully saturated rings. The normalized spacial score (nSPS) is 23.2. The molecular formula is C30H40N6O. The zero-order chi connectivity index (χ0) is 25.7. The standard InChI is InChI=1S/C30H40N6O/c1-19(2)28-25-14-21(20-6-9-23(10-7-20)35-13-12-24(17-35)34(3)4)8-11-26(25)33-29(28)22-15-27(37-5)30-31-18-32-36(30)16-22/h8,11,14-16,18-20,23-24,33H,6-7,9-10,12-13,17H2,1-5H3/t20?,23?,24-/m1/s1. The predicted molar refractivity (Wildman–Crippen MR) is 150 cm³/mol. The van der Waals surface area contributed by atoms with Gasteiger partial charge in [-0.2, -0.15) is 5.10 Å². The van der Waals surface area contributed by atoms with Crippen molar-refractivity contribution in [1.82, 2.24) is 29.4 Å². The summed E-state index contributed by atoms with van der Waals surface area (Å²) in [6, 6.07) is 10.7. The number of likely N-dealkylation sites (N-methyl/N-ethyl adjacent to an activating group) is 1. The topological polar surface area (TPSA) is 61.7 Å². The van der Waals surface area contributed by atoms with Crippen LogP contribution in [0.3, 0.4) is 0 Å². The summed E-state index contributed by atoms with van der Waals surface area (Å²) in [7, 11) is 6.14. The first-order valence-electron chi connectivity index (χ1n) is 13.9. The van der Waals surface area contributed by atoms with Crippen LogP contribution in [0.25, 0.3) is 27.8 Å². The molecule has 2 aliphatic rings. The minimum Gasteiger partial charge on any atom is -0.493 e. The molecule has 1 saturated carbocycles. The van der Waals surface area contributed by atoms with Crippen molar-refractivity contribution in [2.24, 2.45) is 0 Å². The van der Waals surface area contributed by atoms with E-state index in [-0.39, 0.29) is 0 Å². The number of hydrogen-bond donors (Lipinski definition) is 1. The zero-order valence-electron chi connectivity index (χ0n) is 22.9. The summed E-state index contributed by atoms with van der Waals surface area (Å²) in [5, 5.41) is 5.71. The van der Waals surface area contributed by atoms with Gasteiger partial charge in [0.05, 0.1) is 12.8 Å². The molecule has 1 atom stereocenters. The summed E-state index contributed by atoms with van der Waals surface area (Å²) in [5.74, 6) is 1.76. The maximum absolute atomic E-state index is 5.64. The fourth-order valence-corrected chi connectivity index (χ4v) is 6.79. The van der Waals surface area contributed by atoms with E-state index in [1.807, 2.05) is 6.20 Å². The first kappa shape index (κ1) is 24.4. The number of benzene rings is 1. The molecule has 0 unspecified atom stereocenters. The van der Waals surface area contributed by atoms with E-state index >= 15 is 0 Å². The summed E-state index contributed by atoms with van der Waals surface area (Å²) < 4.78 is 7.44. The van der Waals surface area contributed by atoms with Crippen LogP contribution < -0.4 is 4.74 Å². The maximum Gasteiger partial charge on any atom is 0.197 e. The van der Waals surface area contributed by atoms with Crippen LogP contribution in [-0.4, -0.2) is 75.8 Å². The highest BCUT2D eigenvalue weighted by Crippen LogP contribution is 2.41. The fourth-order valence-electron chi connectivity index (χ4n) is 6.79. The number of pyridine rings is 1. The smallest absolute Gasteiger partial charge is 0.197 e. The highest BCUT2D eigenvalue weighted by Gasteiger charge is 2.32. The lowest BCUT2D eigenvalue weighted by Gasteiger charge is -2.35. The number of methoxy groups -OCH3 is 1. The highest BCUT2D eigenvalue weighted by molar-refractivity contribution is 5.92. The van der Waals surface area contributed by atoms with Crippen molar-refractivity contribution in [2.75, 3.05) is 34.3 Å². The number of rotatable bonds is 6. The van der Waals surface area contributed by atoms with E-state index in [9.17, 15) is 0 Å². The van der Waals surface area contributed by atoms with Crippen LogP contribution in [0.4, 0.5) is 0 Å². The molecule has 7 nitrogen and oxygen atoms in total. The Kier molecular flexibility index (Phi) is 6.45. The number of H-pyrrole nitrogens is 1. The van der Waals surface area contributed by atoms with Crippen LogP contribution >= 0.6 is 0 Å². The van der Waals surface area contributed by atoms with Crippen LogP contribution in [0, 0.1) is 0 Å². The molecule has 1 aliphatic heterocycles. The second kappa shape index (κ2) is 9.76. The molecule has 3 aromatic heterocycles. The maximum atomic E-state index is 5.64. The Hall–Kier alpha value is -2.90. The number of aromatic nitrogens is 4. The van der Waals surface area contributed by atoms with Gasteiger partial charge in [-0.15, -0.1) is 0 Å². The minimum atomic E-state index is 0.381. The third kappa shape index (κ3) is 4.42. The molecule has 1 N–H and O–H groups in total. The third-order valence-electron chi connectivity index (χ3n) is 8.90. The molecule has 7 heteroatoms. The Morgan fingerprint density at radius 3 is 2.59 bits per heavy atom. The van der Waals surface area contributed by atoms with Crippen molar-refractivity contribution in [3.63, 3.8) is 0 Å². The van der Waals surface area contributed by atoms with Crippen molar-refractivity contribution in [3.8, 4) is 17.0 Å². The van der Waals surface area contributed by atoms with Gasteiger partial charge in [0.1, 0.15) is 6.33 Å². The van der Waals surface area contributed by atoms with Crippen molar-refractivity contribution >= 4 is 16.6 Å². The van der Waals surface area contributed by atoms with Gasteiger partial charge in [0, 0.05) is 47.8 Å². The third-order valence-corrected chi connectivity index (χ3v) is 8.90. The van der Waals surface area contributed by atoms with E-state index in [0.717, 1.165) is 34.7 Å². The zero-order valence-corrected chi connectivity index (χ0v) is 22.9. The van der Waals surface area contributed by atoms with Crippen molar-refractivity contribution < 1.29 is 4.74 Å². The molecule has 1 saturated heterocycles. The van der Waals surface area contributed by atoms with Gasteiger partial charge >= 0.3 is 0 Å².